The van der Waals surface area contributed by atoms with E-state index in [1.165, 1.54) is 12.1 Å². The Kier molecular flexibility index (Phi) is 8.45. The lowest BCUT2D eigenvalue weighted by molar-refractivity contribution is -0.137. The van der Waals surface area contributed by atoms with Gasteiger partial charge >= 0.3 is 6.18 Å². The smallest absolute Gasteiger partial charge is 0.337 e. The summed E-state index contributed by atoms with van der Waals surface area (Å²) in [6, 6.07) is 4.82. The normalized spacial score (nSPS) is 20.3. The fourth-order valence-corrected chi connectivity index (χ4v) is 3.30. The molecule has 1 amide bonds. The molecule has 1 fully saturated rings. The molecule has 0 aliphatic heterocycles. The highest BCUT2D eigenvalue weighted by atomic mass is 32.2. The van der Waals surface area contributed by atoms with E-state index in [1.807, 2.05) is 14.1 Å². The zero-order valence-corrected chi connectivity index (χ0v) is 17.2. The number of rotatable bonds is 3. The largest absolute Gasteiger partial charge is 0.416 e. The van der Waals surface area contributed by atoms with Gasteiger partial charge in [-0.05, 0) is 51.2 Å². The van der Waals surface area contributed by atoms with Gasteiger partial charge in [0.2, 0.25) is 0 Å². The van der Waals surface area contributed by atoms with E-state index in [2.05, 4.69) is 4.90 Å². The van der Waals surface area contributed by atoms with Gasteiger partial charge in [0, 0.05) is 24.7 Å². The van der Waals surface area contributed by atoms with E-state index in [9.17, 15) is 26.4 Å². The predicted octanol–water partition coefficient (Wildman–Crippen LogP) is 3.15. The van der Waals surface area contributed by atoms with Crippen molar-refractivity contribution in [3.63, 3.8) is 0 Å². The lowest BCUT2D eigenvalue weighted by atomic mass is 9.88. The van der Waals surface area contributed by atoms with Crippen LogP contribution in [0.15, 0.2) is 24.3 Å². The Morgan fingerprint density at radius 1 is 1.04 bits per heavy atom. The van der Waals surface area contributed by atoms with E-state index in [0.717, 1.165) is 37.8 Å². The monoisotopic (exact) mass is 424 g/mol. The third kappa shape index (κ3) is 7.76. The summed E-state index contributed by atoms with van der Waals surface area (Å²) in [5, 5.41) is 0. The summed E-state index contributed by atoms with van der Waals surface area (Å²) in [5.74, 6) is -0.225. The molecule has 0 spiro atoms. The maximum absolute atomic E-state index is 12.6. The average molecular weight is 424 g/mol. The first-order valence-corrected chi connectivity index (χ1v) is 10.6. The molecule has 0 bridgehead atoms. The van der Waals surface area contributed by atoms with Gasteiger partial charge in [-0.25, -0.2) is 0 Å². The molecular formula is C18H27F3N2O4S. The summed E-state index contributed by atoms with van der Waals surface area (Å²) in [4.78, 5) is 16.4. The van der Waals surface area contributed by atoms with Crippen LogP contribution in [0.25, 0.3) is 0 Å². The number of carbonyl (C=O) groups is 1. The second-order valence-corrected chi connectivity index (χ2v) is 8.57. The number of nitrogens with zero attached hydrogens (tertiary/aromatic N) is 2. The molecule has 2 rings (SSSR count). The van der Waals surface area contributed by atoms with E-state index in [0.29, 0.717) is 11.8 Å². The van der Waals surface area contributed by atoms with Gasteiger partial charge in [-0.2, -0.15) is 21.6 Å². The predicted molar refractivity (Wildman–Crippen MR) is 101 cm³/mol. The molecule has 1 unspecified atom stereocenters. The summed E-state index contributed by atoms with van der Waals surface area (Å²) in [7, 11) is 2.07. The van der Waals surface area contributed by atoms with E-state index in [1.54, 1.807) is 11.9 Å². The molecular weight excluding hydrogens is 397 g/mol. The summed E-state index contributed by atoms with van der Waals surface area (Å²) >= 11 is 0. The molecule has 1 aliphatic carbocycles. The molecule has 160 valence electrons. The zero-order valence-electron chi connectivity index (χ0n) is 16.4. The van der Waals surface area contributed by atoms with Gasteiger partial charge < -0.3 is 9.80 Å². The number of hydrogen-bond acceptors (Lipinski definition) is 4. The highest BCUT2D eigenvalue weighted by Crippen LogP contribution is 2.30. The van der Waals surface area contributed by atoms with Crippen LogP contribution in [0.5, 0.6) is 0 Å². The minimum Gasteiger partial charge on any atom is -0.337 e. The first-order chi connectivity index (χ1) is 12.7. The van der Waals surface area contributed by atoms with E-state index < -0.39 is 21.9 Å². The van der Waals surface area contributed by atoms with Crippen LogP contribution in [-0.2, 0) is 16.3 Å². The average Bonchev–Trinajstić information content (AvgIpc) is 2.58. The molecule has 10 heteroatoms. The zero-order chi connectivity index (χ0) is 21.7. The van der Waals surface area contributed by atoms with Crippen LogP contribution in [0.4, 0.5) is 13.2 Å². The number of hydrogen-bond donors (Lipinski definition) is 1. The van der Waals surface area contributed by atoms with E-state index >= 15 is 0 Å². The van der Waals surface area contributed by atoms with Gasteiger partial charge in [-0.3, -0.25) is 9.35 Å². The molecule has 0 radical (unpaired) electrons. The third-order valence-electron chi connectivity index (χ3n) is 4.63. The van der Waals surface area contributed by atoms with Crippen molar-refractivity contribution in [2.75, 3.05) is 27.4 Å². The van der Waals surface area contributed by atoms with Gasteiger partial charge in [0.25, 0.3) is 16.0 Å². The quantitative estimate of drug-likeness (QED) is 0.755. The Morgan fingerprint density at radius 3 is 1.86 bits per heavy atom. The van der Waals surface area contributed by atoms with Crippen LogP contribution in [0.2, 0.25) is 0 Å². The van der Waals surface area contributed by atoms with Crippen LogP contribution >= 0.6 is 0 Å². The summed E-state index contributed by atoms with van der Waals surface area (Å²) in [6.45, 7) is 0. The standard InChI is InChI=1S/C17H23F3N2O.CH4O3S/c1-21(2)14-6-4-5-7-15(14)22(3)16(23)12-8-10-13(11-9-12)17(18,19)20;1-5(2,3)4/h8-11,14-15H,4-7H2,1-3H3;1H3,(H,2,3,4)/t14-,15?;/m1./s1. The van der Waals surface area contributed by atoms with Crippen LogP contribution in [-0.4, -0.2) is 68.2 Å². The number of benzene rings is 1. The summed E-state index contributed by atoms with van der Waals surface area (Å²) < 4.78 is 63.7. The SMILES string of the molecule is CN(C(=O)c1ccc(C(F)(F)F)cc1)C1CCCC[C@H]1N(C)C.CS(=O)(=O)O. The Balaban J connectivity index is 0.000000696. The number of alkyl halides is 3. The van der Waals surface area contributed by atoms with Gasteiger partial charge in [0.15, 0.2) is 0 Å². The van der Waals surface area contributed by atoms with Crippen LogP contribution in [0.3, 0.4) is 0 Å². The van der Waals surface area contributed by atoms with Crippen molar-refractivity contribution in [2.45, 2.75) is 43.9 Å². The molecule has 0 saturated heterocycles. The minimum absolute atomic E-state index is 0.0912. The van der Waals surface area contributed by atoms with Crippen molar-refractivity contribution in [1.29, 1.82) is 0 Å². The molecule has 2 atom stereocenters. The van der Waals surface area contributed by atoms with Gasteiger partial charge in [0.05, 0.1) is 11.8 Å². The summed E-state index contributed by atoms with van der Waals surface area (Å²) in [6.07, 6.45) is 0.495. The van der Waals surface area contributed by atoms with Crippen molar-refractivity contribution in [1.82, 2.24) is 9.80 Å². The first-order valence-electron chi connectivity index (χ1n) is 8.75. The highest BCUT2D eigenvalue weighted by Gasteiger charge is 2.33. The lowest BCUT2D eigenvalue weighted by Gasteiger charge is -2.41. The molecule has 1 aromatic carbocycles. The Hall–Kier alpha value is -1.65. The van der Waals surface area contributed by atoms with Gasteiger partial charge in [-0.1, -0.05) is 12.8 Å². The third-order valence-corrected chi connectivity index (χ3v) is 4.63. The van der Waals surface area contributed by atoms with Crippen molar-refractivity contribution in [3.05, 3.63) is 35.4 Å². The topological polar surface area (TPSA) is 77.9 Å². The molecule has 1 saturated carbocycles. The number of halogens is 3. The maximum atomic E-state index is 12.6. The maximum Gasteiger partial charge on any atom is 0.416 e. The first kappa shape index (κ1) is 24.4. The Labute approximate surface area is 164 Å². The molecule has 0 aromatic heterocycles. The molecule has 6 nitrogen and oxygen atoms in total. The highest BCUT2D eigenvalue weighted by molar-refractivity contribution is 7.85. The second-order valence-electron chi connectivity index (χ2n) is 7.11. The minimum atomic E-state index is -4.38. The number of amides is 1. The van der Waals surface area contributed by atoms with Crippen LogP contribution < -0.4 is 0 Å². The Bertz CT molecular complexity index is 741. The van der Waals surface area contributed by atoms with E-state index in [4.69, 9.17) is 4.55 Å². The number of carbonyl (C=O) groups excluding carboxylic acids is 1. The van der Waals surface area contributed by atoms with Crippen LogP contribution in [0, 0.1) is 0 Å². The van der Waals surface area contributed by atoms with Gasteiger partial charge in [0.1, 0.15) is 0 Å². The fourth-order valence-electron chi connectivity index (χ4n) is 3.30. The van der Waals surface area contributed by atoms with Crippen molar-refractivity contribution in [2.24, 2.45) is 0 Å². The van der Waals surface area contributed by atoms with Crippen molar-refractivity contribution >= 4 is 16.0 Å². The Morgan fingerprint density at radius 2 is 1.46 bits per heavy atom. The van der Waals surface area contributed by atoms with Crippen molar-refractivity contribution in [3.8, 4) is 0 Å². The van der Waals surface area contributed by atoms with E-state index in [-0.39, 0.29) is 18.0 Å². The number of likely N-dealkylation sites (N-methyl/N-ethyl adjacent to an activating group) is 2. The fraction of sp³-hybridized carbons (Fsp3) is 0.611. The molecule has 0 heterocycles. The second kappa shape index (κ2) is 9.71. The molecule has 1 aliphatic rings. The summed E-state index contributed by atoms with van der Waals surface area (Å²) in [5.41, 5.74) is -0.441. The molecule has 1 aromatic rings. The van der Waals surface area contributed by atoms with Crippen LogP contribution in [0.1, 0.15) is 41.6 Å². The van der Waals surface area contributed by atoms with Gasteiger partial charge in [-0.15, -0.1) is 0 Å². The lowest BCUT2D eigenvalue weighted by Crippen LogP contribution is -2.51. The molecule has 28 heavy (non-hydrogen) atoms. The van der Waals surface area contributed by atoms with Crippen molar-refractivity contribution < 1.29 is 30.9 Å². The molecule has 1 N–H and O–H groups in total.